The van der Waals surface area contributed by atoms with E-state index in [0.29, 0.717) is 6.04 Å². The topological polar surface area (TPSA) is 28.2 Å². The van der Waals surface area contributed by atoms with Crippen molar-refractivity contribution in [2.45, 2.75) is 70.4 Å². The van der Waals surface area contributed by atoms with Crippen LogP contribution in [0.5, 0.6) is 0 Å². The summed E-state index contributed by atoms with van der Waals surface area (Å²) < 4.78 is 0. The van der Waals surface area contributed by atoms with Crippen LogP contribution in [0.4, 0.5) is 0 Å². The van der Waals surface area contributed by atoms with E-state index in [1.54, 1.807) is 0 Å². The van der Waals surface area contributed by atoms with Crippen LogP contribution >= 0.6 is 11.3 Å². The van der Waals surface area contributed by atoms with Crippen molar-refractivity contribution in [1.82, 2.24) is 15.2 Å². The Morgan fingerprint density at radius 2 is 1.81 bits per heavy atom. The first-order valence-electron chi connectivity index (χ1n) is 8.27. The molecule has 1 aromatic rings. The molecule has 0 bridgehead atoms. The summed E-state index contributed by atoms with van der Waals surface area (Å²) in [5.41, 5.74) is 1.48. The molecule has 1 atom stereocenters. The lowest BCUT2D eigenvalue weighted by molar-refractivity contribution is 0.0835. The lowest BCUT2D eigenvalue weighted by Crippen LogP contribution is -2.59. The van der Waals surface area contributed by atoms with Gasteiger partial charge in [0.05, 0.1) is 10.7 Å². The Kier molecular flexibility index (Phi) is 5.81. The zero-order valence-corrected chi connectivity index (χ0v) is 15.1. The van der Waals surface area contributed by atoms with Gasteiger partial charge >= 0.3 is 0 Å². The lowest BCUT2D eigenvalue weighted by atomic mass is 9.80. The number of nitrogens with zero attached hydrogens (tertiary/aromatic N) is 2. The molecule has 0 aliphatic heterocycles. The van der Waals surface area contributed by atoms with Crippen molar-refractivity contribution in [3.8, 4) is 0 Å². The Hall–Kier alpha value is -0.450. The third kappa shape index (κ3) is 3.66. The van der Waals surface area contributed by atoms with Crippen molar-refractivity contribution in [1.29, 1.82) is 0 Å². The Morgan fingerprint density at radius 1 is 1.19 bits per heavy atom. The monoisotopic (exact) mass is 309 g/mol. The van der Waals surface area contributed by atoms with Crippen LogP contribution in [0.1, 0.15) is 54.1 Å². The zero-order chi connectivity index (χ0) is 15.5. The van der Waals surface area contributed by atoms with E-state index >= 15 is 0 Å². The molecular weight excluding hydrogens is 278 g/mol. The third-order valence-corrected chi connectivity index (χ3v) is 6.40. The quantitative estimate of drug-likeness (QED) is 0.843. The van der Waals surface area contributed by atoms with Gasteiger partial charge in [-0.1, -0.05) is 25.7 Å². The molecule has 2 rings (SSSR count). The van der Waals surface area contributed by atoms with E-state index in [4.69, 9.17) is 4.98 Å². The molecule has 0 aromatic carbocycles. The predicted octanol–water partition coefficient (Wildman–Crippen LogP) is 3.55. The molecule has 120 valence electrons. The summed E-state index contributed by atoms with van der Waals surface area (Å²) in [4.78, 5) is 8.61. The molecule has 1 aliphatic rings. The molecule has 1 aromatic heterocycles. The van der Waals surface area contributed by atoms with Gasteiger partial charge in [-0.25, -0.2) is 4.98 Å². The maximum Gasteiger partial charge on any atom is 0.0947 e. The molecule has 1 unspecified atom stereocenters. The van der Waals surface area contributed by atoms with Crippen molar-refractivity contribution in [3.05, 3.63) is 15.6 Å². The first-order chi connectivity index (χ1) is 9.99. The summed E-state index contributed by atoms with van der Waals surface area (Å²) in [6, 6.07) is 0.482. The van der Waals surface area contributed by atoms with Crippen LogP contribution in [0.15, 0.2) is 0 Å². The molecule has 0 saturated heterocycles. The minimum Gasteiger partial charge on any atom is -0.315 e. The Morgan fingerprint density at radius 3 is 2.24 bits per heavy atom. The normalized spacial score (nSPS) is 20.5. The maximum absolute atomic E-state index is 4.77. The molecule has 0 spiro atoms. The van der Waals surface area contributed by atoms with Crippen LogP contribution in [0, 0.1) is 13.8 Å². The summed E-state index contributed by atoms with van der Waals surface area (Å²) in [5.74, 6) is 0. The number of hydrogen-bond acceptors (Lipinski definition) is 4. The summed E-state index contributed by atoms with van der Waals surface area (Å²) in [7, 11) is 6.64. The fourth-order valence-electron chi connectivity index (χ4n) is 3.81. The summed E-state index contributed by atoms with van der Waals surface area (Å²) in [6.45, 7) is 4.30. The van der Waals surface area contributed by atoms with Crippen molar-refractivity contribution < 1.29 is 0 Å². The number of nitrogens with one attached hydrogen (secondary N) is 1. The van der Waals surface area contributed by atoms with Gasteiger partial charge in [0.15, 0.2) is 0 Å². The number of thiazole rings is 1. The molecule has 1 aliphatic carbocycles. The van der Waals surface area contributed by atoms with Crippen LogP contribution in [0.3, 0.4) is 0 Å². The minimum absolute atomic E-state index is 0.277. The Labute approximate surface area is 134 Å². The number of likely N-dealkylation sites (N-methyl/N-ethyl adjacent to an activating group) is 2. The van der Waals surface area contributed by atoms with Crippen LogP contribution in [0.2, 0.25) is 0 Å². The number of rotatable bonds is 5. The van der Waals surface area contributed by atoms with Gasteiger partial charge in [0.2, 0.25) is 0 Å². The van der Waals surface area contributed by atoms with Crippen LogP contribution < -0.4 is 5.32 Å². The highest BCUT2D eigenvalue weighted by atomic mass is 32.1. The third-order valence-electron chi connectivity index (χ3n) is 5.31. The molecule has 0 amide bonds. The van der Waals surface area contributed by atoms with E-state index < -0.39 is 0 Å². The van der Waals surface area contributed by atoms with Gasteiger partial charge in [0.1, 0.15) is 0 Å². The van der Waals surface area contributed by atoms with Gasteiger partial charge in [0.25, 0.3) is 0 Å². The zero-order valence-electron chi connectivity index (χ0n) is 14.3. The Balaban J connectivity index is 2.22. The van der Waals surface area contributed by atoms with E-state index in [-0.39, 0.29) is 5.54 Å². The first kappa shape index (κ1) is 16.9. The van der Waals surface area contributed by atoms with Gasteiger partial charge < -0.3 is 10.2 Å². The second-order valence-electron chi connectivity index (χ2n) is 6.71. The Bertz CT molecular complexity index is 425. The van der Waals surface area contributed by atoms with E-state index in [0.717, 1.165) is 6.42 Å². The second-order valence-corrected chi connectivity index (χ2v) is 7.99. The average Bonchev–Trinajstić information content (AvgIpc) is 2.67. The van der Waals surface area contributed by atoms with Crippen molar-refractivity contribution in [3.63, 3.8) is 0 Å². The van der Waals surface area contributed by atoms with Gasteiger partial charge in [0, 0.05) is 22.9 Å². The van der Waals surface area contributed by atoms with E-state index in [9.17, 15) is 0 Å². The van der Waals surface area contributed by atoms with Crippen LogP contribution in [-0.4, -0.2) is 42.6 Å². The summed E-state index contributed by atoms with van der Waals surface area (Å²) in [5, 5.41) is 4.91. The summed E-state index contributed by atoms with van der Waals surface area (Å²) >= 11 is 1.87. The van der Waals surface area contributed by atoms with Gasteiger partial charge in [-0.15, -0.1) is 11.3 Å². The molecule has 21 heavy (non-hydrogen) atoms. The molecule has 1 N–H and O–H groups in total. The number of aromatic nitrogens is 1. The minimum atomic E-state index is 0.277. The van der Waals surface area contributed by atoms with Gasteiger partial charge in [-0.3, -0.25) is 0 Å². The maximum atomic E-state index is 4.77. The summed E-state index contributed by atoms with van der Waals surface area (Å²) in [6.07, 6.45) is 9.14. The van der Waals surface area contributed by atoms with Crippen molar-refractivity contribution >= 4 is 11.3 Å². The highest BCUT2D eigenvalue weighted by Crippen LogP contribution is 2.35. The van der Waals surface area contributed by atoms with Crippen molar-refractivity contribution in [2.75, 3.05) is 21.1 Å². The standard InChI is InChI=1S/C17H31N3S/c1-13-14(2)21-16(19-13)12-15(18-3)17(20(4)5)10-8-6-7-9-11-17/h15,18H,6-12H2,1-5H3. The lowest BCUT2D eigenvalue weighted by Gasteiger charge is -2.45. The average molecular weight is 310 g/mol. The van der Waals surface area contributed by atoms with Crippen LogP contribution in [-0.2, 0) is 6.42 Å². The molecule has 1 fully saturated rings. The molecule has 1 heterocycles. The number of hydrogen-bond donors (Lipinski definition) is 1. The van der Waals surface area contributed by atoms with Crippen LogP contribution in [0.25, 0.3) is 0 Å². The largest absolute Gasteiger partial charge is 0.315 e. The molecule has 0 radical (unpaired) electrons. The predicted molar refractivity (Wildman–Crippen MR) is 92.3 cm³/mol. The van der Waals surface area contributed by atoms with Gasteiger partial charge in [-0.2, -0.15) is 0 Å². The van der Waals surface area contributed by atoms with Gasteiger partial charge in [-0.05, 0) is 47.8 Å². The smallest absolute Gasteiger partial charge is 0.0947 e. The molecule has 4 heteroatoms. The molecular formula is C17H31N3S. The second kappa shape index (κ2) is 7.21. The highest BCUT2D eigenvalue weighted by molar-refractivity contribution is 7.11. The van der Waals surface area contributed by atoms with E-state index in [1.807, 2.05) is 11.3 Å². The molecule has 3 nitrogen and oxygen atoms in total. The fraction of sp³-hybridized carbons (Fsp3) is 0.824. The van der Waals surface area contributed by atoms with Crippen molar-refractivity contribution in [2.24, 2.45) is 0 Å². The molecule has 1 saturated carbocycles. The van der Waals surface area contributed by atoms with E-state index in [1.165, 1.54) is 54.1 Å². The first-order valence-corrected chi connectivity index (χ1v) is 9.09. The number of aryl methyl sites for hydroxylation is 2. The SMILES string of the molecule is CNC(Cc1nc(C)c(C)s1)C1(N(C)C)CCCCCC1. The van der Waals surface area contributed by atoms with E-state index in [2.05, 4.69) is 45.2 Å². The highest BCUT2D eigenvalue weighted by Gasteiger charge is 2.40. The fourth-order valence-corrected chi connectivity index (χ4v) is 4.79.